The molecular weight excluding hydrogens is 324 g/mol. The number of hydrogen-bond acceptors (Lipinski definition) is 6. The molecule has 128 valence electrons. The molecule has 0 unspecified atom stereocenters. The molecule has 0 saturated carbocycles. The molecule has 1 fully saturated rings. The number of halogens is 1. The van der Waals surface area contributed by atoms with Crippen molar-refractivity contribution in [3.05, 3.63) is 28.3 Å². The summed E-state index contributed by atoms with van der Waals surface area (Å²) in [6.07, 6.45) is 1.77. The molecule has 0 spiro atoms. The van der Waals surface area contributed by atoms with Crippen LogP contribution < -0.4 is 15.8 Å². The Labute approximate surface area is 140 Å². The molecule has 0 radical (unpaired) electrons. The molecule has 1 heterocycles. The molecule has 23 heavy (non-hydrogen) atoms. The minimum atomic E-state index is -0.509. The molecule has 1 aliphatic heterocycles. The quantitative estimate of drug-likeness (QED) is 0.616. The zero-order valence-corrected chi connectivity index (χ0v) is 13.7. The van der Waals surface area contributed by atoms with Crippen LogP contribution in [0.2, 0.25) is 0 Å². The first-order chi connectivity index (χ1) is 10.5. The van der Waals surface area contributed by atoms with Crippen LogP contribution in [0.15, 0.2) is 18.2 Å². The van der Waals surface area contributed by atoms with E-state index in [0.717, 1.165) is 25.9 Å². The van der Waals surface area contributed by atoms with Gasteiger partial charge in [-0.3, -0.25) is 19.8 Å². The van der Waals surface area contributed by atoms with Gasteiger partial charge in [-0.25, -0.2) is 0 Å². The van der Waals surface area contributed by atoms with Gasteiger partial charge in [-0.05, 0) is 18.9 Å². The fraction of sp³-hybridized carbons (Fsp3) is 0.500. The predicted molar refractivity (Wildman–Crippen MR) is 89.2 cm³/mol. The number of carbonyl (C=O) groups excluding carboxylic acids is 1. The van der Waals surface area contributed by atoms with Gasteiger partial charge in [-0.15, -0.1) is 12.4 Å². The van der Waals surface area contributed by atoms with Gasteiger partial charge in [0.25, 0.3) is 5.69 Å². The zero-order valence-electron chi connectivity index (χ0n) is 12.9. The Kier molecular flexibility index (Phi) is 7.21. The van der Waals surface area contributed by atoms with Gasteiger partial charge in [-0.2, -0.15) is 0 Å². The number of benzene rings is 1. The second-order valence-corrected chi connectivity index (χ2v) is 5.30. The molecule has 0 atom stereocenters. The first kappa shape index (κ1) is 19.1. The number of piperidine rings is 1. The Morgan fingerprint density at radius 2 is 2.13 bits per heavy atom. The van der Waals surface area contributed by atoms with Crippen molar-refractivity contribution in [1.29, 1.82) is 0 Å². The summed E-state index contributed by atoms with van der Waals surface area (Å²) in [4.78, 5) is 24.3. The van der Waals surface area contributed by atoms with Crippen molar-refractivity contribution in [1.82, 2.24) is 4.90 Å². The second kappa shape index (κ2) is 8.66. The number of nitrogens with zero attached hydrogens (tertiary/aromatic N) is 2. The van der Waals surface area contributed by atoms with Crippen molar-refractivity contribution in [2.45, 2.75) is 18.9 Å². The molecule has 1 aliphatic rings. The van der Waals surface area contributed by atoms with Crippen LogP contribution in [0.3, 0.4) is 0 Å². The summed E-state index contributed by atoms with van der Waals surface area (Å²) in [5, 5.41) is 13.5. The molecule has 1 amide bonds. The molecule has 8 nitrogen and oxygen atoms in total. The van der Waals surface area contributed by atoms with E-state index in [1.807, 2.05) is 4.90 Å². The number of nitro groups is 1. The fourth-order valence-corrected chi connectivity index (χ4v) is 2.40. The Balaban J connectivity index is 0.00000264. The second-order valence-electron chi connectivity index (χ2n) is 5.30. The summed E-state index contributed by atoms with van der Waals surface area (Å²) >= 11 is 0. The maximum absolute atomic E-state index is 12.1. The molecular formula is C14H21ClN4O4. The van der Waals surface area contributed by atoms with E-state index in [-0.39, 0.29) is 42.3 Å². The van der Waals surface area contributed by atoms with E-state index in [0.29, 0.717) is 5.69 Å². The van der Waals surface area contributed by atoms with Crippen molar-refractivity contribution < 1.29 is 14.5 Å². The summed E-state index contributed by atoms with van der Waals surface area (Å²) in [6.45, 7) is 1.87. The molecule has 1 aromatic rings. The number of hydrogen-bond donors (Lipinski definition) is 2. The minimum absolute atomic E-state index is 0. The van der Waals surface area contributed by atoms with Crippen molar-refractivity contribution in [2.75, 3.05) is 32.1 Å². The van der Waals surface area contributed by atoms with Gasteiger partial charge in [-0.1, -0.05) is 0 Å². The number of likely N-dealkylation sites (tertiary alicyclic amines) is 1. The summed E-state index contributed by atoms with van der Waals surface area (Å²) < 4.78 is 5.09. The third-order valence-electron chi connectivity index (χ3n) is 3.67. The fourth-order valence-electron chi connectivity index (χ4n) is 2.40. The van der Waals surface area contributed by atoms with Crippen molar-refractivity contribution in [3.63, 3.8) is 0 Å². The van der Waals surface area contributed by atoms with Gasteiger partial charge in [0, 0.05) is 25.2 Å². The van der Waals surface area contributed by atoms with E-state index in [2.05, 4.69) is 5.32 Å². The van der Waals surface area contributed by atoms with Crippen LogP contribution in [-0.2, 0) is 4.79 Å². The smallest absolute Gasteiger partial charge is 0.273 e. The van der Waals surface area contributed by atoms with E-state index in [1.165, 1.54) is 25.3 Å². The number of ether oxygens (including phenoxy) is 1. The van der Waals surface area contributed by atoms with Gasteiger partial charge in [0.05, 0.1) is 30.3 Å². The number of nitrogens with one attached hydrogen (secondary N) is 1. The lowest BCUT2D eigenvalue weighted by molar-refractivity contribution is -0.384. The Bertz CT molecular complexity index is 562. The Morgan fingerprint density at radius 3 is 2.70 bits per heavy atom. The largest absolute Gasteiger partial charge is 0.494 e. The third-order valence-corrected chi connectivity index (χ3v) is 3.67. The lowest BCUT2D eigenvalue weighted by Gasteiger charge is -2.29. The summed E-state index contributed by atoms with van der Waals surface area (Å²) in [6, 6.07) is 4.31. The number of rotatable bonds is 5. The maximum atomic E-state index is 12.1. The van der Waals surface area contributed by atoms with E-state index in [1.54, 1.807) is 0 Å². The van der Waals surface area contributed by atoms with Crippen LogP contribution in [-0.4, -0.2) is 48.5 Å². The van der Waals surface area contributed by atoms with Crippen LogP contribution in [0.4, 0.5) is 11.4 Å². The topological polar surface area (TPSA) is 111 Å². The average molecular weight is 345 g/mol. The molecule has 0 aromatic heterocycles. The Hall–Kier alpha value is -1.90. The number of nitrogens with two attached hydrogens (primary N) is 1. The van der Waals surface area contributed by atoms with Gasteiger partial charge in [0.15, 0.2) is 0 Å². The van der Waals surface area contributed by atoms with E-state index in [4.69, 9.17) is 10.5 Å². The number of amides is 1. The van der Waals surface area contributed by atoms with Crippen LogP contribution in [0.5, 0.6) is 5.75 Å². The van der Waals surface area contributed by atoms with Crippen LogP contribution in [0.25, 0.3) is 0 Å². The number of carbonyl (C=O) groups is 1. The number of nitro benzene ring substituents is 1. The zero-order chi connectivity index (χ0) is 16.1. The highest BCUT2D eigenvalue weighted by Gasteiger charge is 2.19. The third kappa shape index (κ3) is 5.34. The summed E-state index contributed by atoms with van der Waals surface area (Å²) in [7, 11) is 1.40. The van der Waals surface area contributed by atoms with E-state index < -0.39 is 4.92 Å². The number of anilines is 1. The summed E-state index contributed by atoms with van der Waals surface area (Å²) in [5.74, 6) is 0.0887. The molecule has 0 bridgehead atoms. The Morgan fingerprint density at radius 1 is 1.48 bits per heavy atom. The number of non-ortho nitro benzene ring substituents is 1. The number of methoxy groups -OCH3 is 1. The monoisotopic (exact) mass is 344 g/mol. The van der Waals surface area contributed by atoms with Crippen molar-refractivity contribution >= 4 is 29.7 Å². The lowest BCUT2D eigenvalue weighted by atomic mass is 10.1. The van der Waals surface area contributed by atoms with Gasteiger partial charge in [0.1, 0.15) is 5.75 Å². The standard InChI is InChI=1S/C14H20N4O4.ClH/c1-22-13-8-11(18(20)21)2-3-12(13)16-14(19)9-17-6-4-10(15)5-7-17;/h2-3,8,10H,4-7,9,15H2,1H3,(H,16,19);1H. The average Bonchev–Trinajstić information content (AvgIpc) is 2.49. The van der Waals surface area contributed by atoms with Gasteiger partial charge < -0.3 is 15.8 Å². The van der Waals surface area contributed by atoms with Gasteiger partial charge in [0.2, 0.25) is 5.91 Å². The molecule has 2 rings (SSSR count). The van der Waals surface area contributed by atoms with E-state index >= 15 is 0 Å². The van der Waals surface area contributed by atoms with Crippen molar-refractivity contribution in [2.24, 2.45) is 5.73 Å². The van der Waals surface area contributed by atoms with Gasteiger partial charge >= 0.3 is 0 Å². The van der Waals surface area contributed by atoms with Crippen LogP contribution in [0.1, 0.15) is 12.8 Å². The minimum Gasteiger partial charge on any atom is -0.494 e. The summed E-state index contributed by atoms with van der Waals surface area (Å²) in [5.41, 5.74) is 6.17. The van der Waals surface area contributed by atoms with E-state index in [9.17, 15) is 14.9 Å². The molecule has 3 N–H and O–H groups in total. The maximum Gasteiger partial charge on any atom is 0.273 e. The molecule has 0 aliphatic carbocycles. The van der Waals surface area contributed by atoms with Crippen LogP contribution in [0, 0.1) is 10.1 Å². The molecule has 1 saturated heterocycles. The first-order valence-corrected chi connectivity index (χ1v) is 7.10. The lowest BCUT2D eigenvalue weighted by Crippen LogP contribution is -2.43. The highest BCUT2D eigenvalue weighted by molar-refractivity contribution is 5.93. The highest BCUT2D eigenvalue weighted by atomic mass is 35.5. The highest BCUT2D eigenvalue weighted by Crippen LogP contribution is 2.28. The first-order valence-electron chi connectivity index (χ1n) is 7.10. The van der Waals surface area contributed by atoms with Crippen molar-refractivity contribution in [3.8, 4) is 5.75 Å². The van der Waals surface area contributed by atoms with Crippen LogP contribution >= 0.6 is 12.4 Å². The predicted octanol–water partition coefficient (Wildman–Crippen LogP) is 1.39. The molecule has 1 aromatic carbocycles. The molecule has 9 heteroatoms. The SMILES string of the molecule is COc1cc([N+](=O)[O-])ccc1NC(=O)CN1CCC(N)CC1.Cl. The normalized spacial score (nSPS) is 15.6.